The first kappa shape index (κ1) is 13.0. The second-order valence-corrected chi connectivity index (χ2v) is 5.43. The fourth-order valence-corrected chi connectivity index (χ4v) is 1.98. The maximum atomic E-state index is 10.6. The first-order valence-corrected chi connectivity index (χ1v) is 5.48. The number of unbranched alkanes of at least 4 members (excludes halogenated alkanes) is 1. The van der Waals surface area contributed by atoms with Crippen molar-refractivity contribution in [1.82, 2.24) is 0 Å². The second kappa shape index (κ2) is 4.45. The summed E-state index contributed by atoms with van der Waals surface area (Å²) in [4.78, 5) is 0. The minimum Gasteiger partial charge on any atom is -0.389 e. The van der Waals surface area contributed by atoms with Gasteiger partial charge in [-0.05, 0) is 17.8 Å². The van der Waals surface area contributed by atoms with Gasteiger partial charge in [0, 0.05) is 0 Å². The van der Waals surface area contributed by atoms with Crippen molar-refractivity contribution in [2.24, 2.45) is 11.3 Å². The minimum atomic E-state index is -0.511. The van der Waals surface area contributed by atoms with Crippen molar-refractivity contribution in [3.05, 3.63) is 0 Å². The Hall–Kier alpha value is -0.0400. The third kappa shape index (κ3) is 2.98. The zero-order valence-electron chi connectivity index (χ0n) is 10.1. The first-order chi connectivity index (χ1) is 5.75. The second-order valence-electron chi connectivity index (χ2n) is 5.43. The van der Waals surface area contributed by atoms with Gasteiger partial charge in [-0.25, -0.2) is 0 Å². The van der Waals surface area contributed by atoms with Crippen molar-refractivity contribution in [2.45, 2.75) is 66.4 Å². The van der Waals surface area contributed by atoms with Crippen molar-refractivity contribution in [3.63, 3.8) is 0 Å². The summed E-state index contributed by atoms with van der Waals surface area (Å²) < 4.78 is 0. The average molecular weight is 186 g/mol. The number of rotatable bonds is 4. The maximum Gasteiger partial charge on any atom is 0.0718 e. The number of hydrogen-bond acceptors (Lipinski definition) is 1. The predicted molar refractivity (Wildman–Crippen MR) is 58.8 cm³/mol. The predicted octanol–water partition coefficient (Wildman–Crippen LogP) is 3.61. The Balaban J connectivity index is 4.54. The van der Waals surface area contributed by atoms with Gasteiger partial charge in [-0.1, -0.05) is 54.4 Å². The monoisotopic (exact) mass is 186 g/mol. The molecule has 80 valence electrons. The highest BCUT2D eigenvalue weighted by Gasteiger charge is 2.41. The fraction of sp³-hybridized carbons (Fsp3) is 1.00. The maximum absolute atomic E-state index is 10.6. The Morgan fingerprint density at radius 3 is 1.85 bits per heavy atom. The quantitative estimate of drug-likeness (QED) is 0.711. The third-order valence-corrected chi connectivity index (χ3v) is 3.17. The summed E-state index contributed by atoms with van der Waals surface area (Å²) in [5.41, 5.74) is -0.528. The fourth-order valence-electron chi connectivity index (χ4n) is 1.98. The van der Waals surface area contributed by atoms with Gasteiger partial charge in [0.15, 0.2) is 0 Å². The molecule has 0 spiro atoms. The normalized spacial score (nSPS) is 17.5. The van der Waals surface area contributed by atoms with Crippen LogP contribution in [0.5, 0.6) is 0 Å². The molecule has 1 nitrogen and oxygen atoms in total. The molecule has 1 heteroatoms. The van der Waals surface area contributed by atoms with E-state index in [9.17, 15) is 5.11 Å². The van der Waals surface area contributed by atoms with Crippen molar-refractivity contribution < 1.29 is 5.11 Å². The summed E-state index contributed by atoms with van der Waals surface area (Å²) in [6, 6.07) is 0. The summed E-state index contributed by atoms with van der Waals surface area (Å²) in [6.45, 7) is 12.8. The molecule has 0 aromatic carbocycles. The molecule has 0 rings (SSSR count). The molecule has 0 radical (unpaired) electrons. The molecule has 1 N–H and O–H groups in total. The molecule has 0 saturated heterocycles. The van der Waals surface area contributed by atoms with Gasteiger partial charge in [0.1, 0.15) is 0 Å². The molecular formula is C12H26O. The van der Waals surface area contributed by atoms with Crippen molar-refractivity contribution in [2.75, 3.05) is 0 Å². The molecule has 1 unspecified atom stereocenters. The molecule has 1 atom stereocenters. The van der Waals surface area contributed by atoms with Crippen LogP contribution in [-0.2, 0) is 0 Å². The number of hydrogen-bond donors (Lipinski definition) is 1. The van der Waals surface area contributed by atoms with Gasteiger partial charge in [0.25, 0.3) is 0 Å². The molecule has 0 amide bonds. The molecule has 0 heterocycles. The molecule has 0 aromatic heterocycles. The zero-order chi connectivity index (χ0) is 10.7. The van der Waals surface area contributed by atoms with Gasteiger partial charge in [0.05, 0.1) is 5.60 Å². The lowest BCUT2D eigenvalue weighted by Crippen LogP contribution is -2.47. The topological polar surface area (TPSA) is 20.2 Å². The van der Waals surface area contributed by atoms with Gasteiger partial charge < -0.3 is 5.11 Å². The third-order valence-electron chi connectivity index (χ3n) is 3.17. The van der Waals surface area contributed by atoms with E-state index in [1.165, 1.54) is 0 Å². The van der Waals surface area contributed by atoms with Crippen LogP contribution in [0.2, 0.25) is 0 Å². The van der Waals surface area contributed by atoms with Crippen LogP contribution >= 0.6 is 0 Å². The molecule has 0 aliphatic carbocycles. The average Bonchev–Trinajstić information content (AvgIpc) is 1.97. The summed E-state index contributed by atoms with van der Waals surface area (Å²) >= 11 is 0. The Labute approximate surface area is 83.5 Å². The van der Waals surface area contributed by atoms with Crippen molar-refractivity contribution in [1.29, 1.82) is 0 Å². The molecule has 0 fully saturated rings. The van der Waals surface area contributed by atoms with Crippen LogP contribution in [0, 0.1) is 11.3 Å². The first-order valence-electron chi connectivity index (χ1n) is 5.48. The zero-order valence-corrected chi connectivity index (χ0v) is 10.1. The van der Waals surface area contributed by atoms with E-state index >= 15 is 0 Å². The highest BCUT2D eigenvalue weighted by molar-refractivity contribution is 4.92. The lowest BCUT2D eigenvalue weighted by atomic mass is 9.67. The lowest BCUT2D eigenvalue weighted by Gasteiger charge is -2.44. The van der Waals surface area contributed by atoms with Crippen molar-refractivity contribution >= 4 is 0 Å². The highest BCUT2D eigenvalue weighted by Crippen LogP contribution is 2.40. The van der Waals surface area contributed by atoms with Crippen molar-refractivity contribution in [3.8, 4) is 0 Å². The van der Waals surface area contributed by atoms with E-state index in [0.717, 1.165) is 19.3 Å². The molecule has 0 saturated carbocycles. The summed E-state index contributed by atoms with van der Waals surface area (Å²) in [5, 5.41) is 10.6. The standard InChI is InChI=1S/C12H26O/c1-7-8-9-12(13,10(2)3)11(4,5)6/h10,13H,7-9H2,1-6H3. The molecule has 0 bridgehead atoms. The van der Waals surface area contributed by atoms with Crippen LogP contribution in [0.15, 0.2) is 0 Å². The smallest absolute Gasteiger partial charge is 0.0718 e. The van der Waals surface area contributed by atoms with Crippen LogP contribution < -0.4 is 0 Å². The van der Waals surface area contributed by atoms with Gasteiger partial charge in [-0.2, -0.15) is 0 Å². The molecule has 13 heavy (non-hydrogen) atoms. The van der Waals surface area contributed by atoms with Crippen LogP contribution in [0.25, 0.3) is 0 Å². The van der Waals surface area contributed by atoms with Crippen LogP contribution in [0.1, 0.15) is 60.8 Å². The van der Waals surface area contributed by atoms with Crippen LogP contribution in [-0.4, -0.2) is 10.7 Å². The molecule has 0 aliphatic rings. The summed E-state index contributed by atoms with van der Waals surface area (Å²) in [5.74, 6) is 0.332. The van der Waals surface area contributed by atoms with Crippen LogP contribution in [0.3, 0.4) is 0 Å². The Bertz CT molecular complexity index is 144. The van der Waals surface area contributed by atoms with Gasteiger partial charge >= 0.3 is 0 Å². The van der Waals surface area contributed by atoms with Gasteiger partial charge in [0.2, 0.25) is 0 Å². The molecule has 0 aromatic rings. The Morgan fingerprint density at radius 2 is 1.62 bits per heavy atom. The van der Waals surface area contributed by atoms with E-state index in [1.807, 2.05) is 0 Å². The minimum absolute atomic E-state index is 0.0175. The largest absolute Gasteiger partial charge is 0.389 e. The van der Waals surface area contributed by atoms with E-state index in [4.69, 9.17) is 0 Å². The Kier molecular flexibility index (Phi) is 4.44. The Morgan fingerprint density at radius 1 is 1.15 bits per heavy atom. The van der Waals surface area contributed by atoms with E-state index in [2.05, 4.69) is 41.5 Å². The van der Waals surface area contributed by atoms with Gasteiger partial charge in [-0.3, -0.25) is 0 Å². The van der Waals surface area contributed by atoms with E-state index in [0.29, 0.717) is 5.92 Å². The van der Waals surface area contributed by atoms with Crippen LogP contribution in [0.4, 0.5) is 0 Å². The van der Waals surface area contributed by atoms with E-state index in [-0.39, 0.29) is 5.41 Å². The van der Waals surface area contributed by atoms with E-state index in [1.54, 1.807) is 0 Å². The number of aliphatic hydroxyl groups is 1. The van der Waals surface area contributed by atoms with E-state index < -0.39 is 5.60 Å². The molecular weight excluding hydrogens is 160 g/mol. The molecule has 0 aliphatic heterocycles. The summed E-state index contributed by atoms with van der Waals surface area (Å²) in [6.07, 6.45) is 3.20. The SMILES string of the molecule is CCCCC(O)(C(C)C)C(C)(C)C. The lowest BCUT2D eigenvalue weighted by molar-refractivity contribution is -0.102. The summed E-state index contributed by atoms with van der Waals surface area (Å²) in [7, 11) is 0. The highest BCUT2D eigenvalue weighted by atomic mass is 16.3. The van der Waals surface area contributed by atoms with Gasteiger partial charge in [-0.15, -0.1) is 0 Å².